The molecule has 1 aliphatic carbocycles. The van der Waals surface area contributed by atoms with Gasteiger partial charge in [0.1, 0.15) is 16.8 Å². The zero-order chi connectivity index (χ0) is 13.7. The monoisotopic (exact) mass is 283 g/mol. The van der Waals surface area contributed by atoms with Gasteiger partial charge in [-0.1, -0.05) is 25.4 Å². The molecule has 19 heavy (non-hydrogen) atoms. The molecule has 0 unspecified atom stereocenters. The molecule has 0 aliphatic heterocycles. The molecule has 1 aliphatic rings. The van der Waals surface area contributed by atoms with Crippen LogP contribution < -0.4 is 5.32 Å². The van der Waals surface area contributed by atoms with Crippen molar-refractivity contribution in [1.82, 2.24) is 9.97 Å². The third kappa shape index (κ3) is 5.33. The lowest BCUT2D eigenvalue weighted by atomic mass is 10.1. The van der Waals surface area contributed by atoms with Gasteiger partial charge >= 0.3 is 0 Å². The quantitative estimate of drug-likeness (QED) is 0.586. The first-order valence-corrected chi connectivity index (χ1v) is 7.39. The van der Waals surface area contributed by atoms with Crippen LogP contribution in [0.15, 0.2) is 6.07 Å². The molecule has 0 saturated heterocycles. The van der Waals surface area contributed by atoms with E-state index in [0.717, 1.165) is 31.2 Å². The van der Waals surface area contributed by atoms with Crippen LogP contribution in [-0.4, -0.2) is 29.7 Å². The predicted octanol–water partition coefficient (Wildman–Crippen LogP) is 3.48. The van der Waals surface area contributed by atoms with Gasteiger partial charge < -0.3 is 10.1 Å². The largest absolute Gasteiger partial charge is 0.380 e. The molecule has 4 nitrogen and oxygen atoms in total. The van der Waals surface area contributed by atoms with Crippen LogP contribution in [0.3, 0.4) is 0 Å². The number of nitrogens with one attached hydrogen (secondary N) is 1. The summed E-state index contributed by atoms with van der Waals surface area (Å²) in [5.41, 5.74) is 0. The van der Waals surface area contributed by atoms with Crippen molar-refractivity contribution in [3.63, 3.8) is 0 Å². The average molecular weight is 284 g/mol. The number of rotatable bonds is 8. The van der Waals surface area contributed by atoms with Gasteiger partial charge in [0, 0.05) is 25.1 Å². The fourth-order valence-electron chi connectivity index (χ4n) is 1.72. The Hall–Kier alpha value is -0.870. The van der Waals surface area contributed by atoms with Gasteiger partial charge in [0.2, 0.25) is 0 Å². The Labute approximate surface area is 119 Å². The van der Waals surface area contributed by atoms with E-state index in [-0.39, 0.29) is 0 Å². The zero-order valence-electron chi connectivity index (χ0n) is 11.7. The van der Waals surface area contributed by atoms with Gasteiger partial charge in [0.15, 0.2) is 0 Å². The molecule has 5 heteroatoms. The second kappa shape index (κ2) is 7.06. The highest BCUT2D eigenvalue weighted by atomic mass is 35.5. The summed E-state index contributed by atoms with van der Waals surface area (Å²) < 4.78 is 5.55. The van der Waals surface area contributed by atoms with Crippen LogP contribution in [0.4, 0.5) is 5.82 Å². The summed E-state index contributed by atoms with van der Waals surface area (Å²) >= 11 is 6.00. The third-order valence-electron chi connectivity index (χ3n) is 3.05. The molecule has 106 valence electrons. The maximum atomic E-state index is 6.00. The molecule has 0 aromatic carbocycles. The van der Waals surface area contributed by atoms with Crippen molar-refractivity contribution in [2.24, 2.45) is 5.92 Å². The number of hydrogen-bond donors (Lipinski definition) is 1. The molecule has 0 radical (unpaired) electrons. The van der Waals surface area contributed by atoms with E-state index in [0.29, 0.717) is 23.6 Å². The van der Waals surface area contributed by atoms with E-state index in [1.807, 2.05) is 0 Å². The van der Waals surface area contributed by atoms with Crippen LogP contribution in [0.2, 0.25) is 5.15 Å². The van der Waals surface area contributed by atoms with Crippen molar-refractivity contribution < 1.29 is 4.74 Å². The van der Waals surface area contributed by atoms with Gasteiger partial charge in [0.25, 0.3) is 0 Å². The second-order valence-corrected chi connectivity index (χ2v) is 5.82. The summed E-state index contributed by atoms with van der Waals surface area (Å²) in [6, 6.07) is 1.77. The van der Waals surface area contributed by atoms with E-state index in [1.54, 1.807) is 6.07 Å². The summed E-state index contributed by atoms with van der Waals surface area (Å²) in [4.78, 5) is 8.74. The van der Waals surface area contributed by atoms with Crippen molar-refractivity contribution in [2.75, 3.05) is 25.1 Å². The minimum absolute atomic E-state index is 0.514. The van der Waals surface area contributed by atoms with E-state index in [9.17, 15) is 0 Å². The Bertz CT molecular complexity index is 408. The predicted molar refractivity (Wildman–Crippen MR) is 77.8 cm³/mol. The second-order valence-electron chi connectivity index (χ2n) is 5.43. The number of anilines is 1. The molecule has 1 heterocycles. The van der Waals surface area contributed by atoms with Gasteiger partial charge in [-0.05, 0) is 25.2 Å². The number of hydrogen-bond acceptors (Lipinski definition) is 4. The van der Waals surface area contributed by atoms with Crippen LogP contribution in [0.25, 0.3) is 0 Å². The molecule has 0 spiro atoms. The molecular formula is C14H22ClN3O. The van der Waals surface area contributed by atoms with Gasteiger partial charge in [-0.25, -0.2) is 9.97 Å². The fraction of sp³-hybridized carbons (Fsp3) is 0.714. The Balaban J connectivity index is 1.70. The number of ether oxygens (including phenoxy) is 1. The maximum Gasteiger partial charge on any atom is 0.135 e. The molecule has 1 aromatic rings. The Morgan fingerprint density at radius 2 is 2.16 bits per heavy atom. The molecule has 1 N–H and O–H groups in total. The molecule has 0 atom stereocenters. The molecule has 0 amide bonds. The van der Waals surface area contributed by atoms with E-state index < -0.39 is 0 Å². The highest BCUT2D eigenvalue weighted by Gasteiger charge is 2.27. The van der Waals surface area contributed by atoms with Crippen LogP contribution in [0.1, 0.15) is 44.9 Å². The van der Waals surface area contributed by atoms with Crippen molar-refractivity contribution in [3.8, 4) is 0 Å². The van der Waals surface area contributed by atoms with E-state index in [4.69, 9.17) is 16.3 Å². The first-order valence-electron chi connectivity index (χ1n) is 7.01. The summed E-state index contributed by atoms with van der Waals surface area (Å²) in [7, 11) is 0. The summed E-state index contributed by atoms with van der Waals surface area (Å²) in [5.74, 6) is 2.88. The summed E-state index contributed by atoms with van der Waals surface area (Å²) in [6.07, 6.45) is 3.46. The average Bonchev–Trinajstić information content (AvgIpc) is 3.16. The van der Waals surface area contributed by atoms with E-state index in [1.165, 1.54) is 12.8 Å². The van der Waals surface area contributed by atoms with Gasteiger partial charge in [-0.2, -0.15) is 0 Å². The smallest absolute Gasteiger partial charge is 0.135 e. The minimum Gasteiger partial charge on any atom is -0.380 e. The molecular weight excluding hydrogens is 262 g/mol. The molecule has 0 bridgehead atoms. The van der Waals surface area contributed by atoms with Crippen LogP contribution in [0, 0.1) is 5.92 Å². The van der Waals surface area contributed by atoms with Crippen molar-refractivity contribution in [3.05, 3.63) is 17.0 Å². The summed E-state index contributed by atoms with van der Waals surface area (Å²) in [6.45, 7) is 6.65. The molecule has 1 saturated carbocycles. The molecule has 2 rings (SSSR count). The Morgan fingerprint density at radius 1 is 1.37 bits per heavy atom. The van der Waals surface area contributed by atoms with Crippen LogP contribution >= 0.6 is 11.6 Å². The van der Waals surface area contributed by atoms with Gasteiger partial charge in [-0.3, -0.25) is 0 Å². The van der Waals surface area contributed by atoms with E-state index in [2.05, 4.69) is 29.1 Å². The topological polar surface area (TPSA) is 47.0 Å². The highest BCUT2D eigenvalue weighted by Crippen LogP contribution is 2.38. The fourth-order valence-corrected chi connectivity index (χ4v) is 1.91. The minimum atomic E-state index is 0.514. The maximum absolute atomic E-state index is 6.00. The molecule has 1 aromatic heterocycles. The lowest BCUT2D eigenvalue weighted by molar-refractivity contribution is 0.132. The standard InChI is InChI=1S/C14H22ClN3O/c1-10(2)5-7-19-8-6-16-13-9-12(15)17-14(18-13)11-3-4-11/h9-11H,3-8H2,1-2H3,(H,16,17,18). The van der Waals surface area contributed by atoms with Crippen molar-refractivity contribution >= 4 is 17.4 Å². The normalized spacial score (nSPS) is 14.9. The first kappa shape index (κ1) is 14.5. The number of halogens is 1. The van der Waals surface area contributed by atoms with Crippen LogP contribution in [0.5, 0.6) is 0 Å². The SMILES string of the molecule is CC(C)CCOCCNc1cc(Cl)nc(C2CC2)n1. The van der Waals surface area contributed by atoms with Gasteiger partial charge in [-0.15, -0.1) is 0 Å². The lowest BCUT2D eigenvalue weighted by Gasteiger charge is -2.09. The highest BCUT2D eigenvalue weighted by molar-refractivity contribution is 6.29. The first-order chi connectivity index (χ1) is 9.15. The van der Waals surface area contributed by atoms with Crippen molar-refractivity contribution in [2.45, 2.75) is 39.0 Å². The van der Waals surface area contributed by atoms with Gasteiger partial charge in [0.05, 0.1) is 6.61 Å². The third-order valence-corrected chi connectivity index (χ3v) is 3.24. The zero-order valence-corrected chi connectivity index (χ0v) is 12.4. The Kier molecular flexibility index (Phi) is 5.40. The Morgan fingerprint density at radius 3 is 2.84 bits per heavy atom. The molecule has 1 fully saturated rings. The van der Waals surface area contributed by atoms with Crippen molar-refractivity contribution in [1.29, 1.82) is 0 Å². The number of nitrogens with zero attached hydrogens (tertiary/aromatic N) is 2. The lowest BCUT2D eigenvalue weighted by Crippen LogP contribution is -2.12. The van der Waals surface area contributed by atoms with Crippen LogP contribution in [-0.2, 0) is 4.74 Å². The van der Waals surface area contributed by atoms with E-state index >= 15 is 0 Å². The number of aromatic nitrogens is 2. The summed E-state index contributed by atoms with van der Waals surface area (Å²) in [5, 5.41) is 3.75.